The summed E-state index contributed by atoms with van der Waals surface area (Å²) in [5.41, 5.74) is 0. The molecule has 0 N–H and O–H groups in total. The van der Waals surface area contributed by atoms with Gasteiger partial charge in [0, 0.05) is 31.7 Å². The molecule has 0 bridgehead atoms. The summed E-state index contributed by atoms with van der Waals surface area (Å²) in [5.74, 6) is 3.57. The zero-order valence-corrected chi connectivity index (χ0v) is 11.4. The smallest absolute Gasteiger partial charge is 0.138 e. The normalized spacial score (nSPS) is 34.4. The van der Waals surface area contributed by atoms with Crippen molar-refractivity contribution >= 4 is 0 Å². The van der Waals surface area contributed by atoms with Gasteiger partial charge in [-0.1, -0.05) is 0 Å². The van der Waals surface area contributed by atoms with Crippen LogP contribution in [0.1, 0.15) is 25.7 Å². The van der Waals surface area contributed by atoms with Gasteiger partial charge >= 0.3 is 0 Å². The number of hydrogen-bond acceptors (Lipinski definition) is 3. The number of ether oxygens (including phenoxy) is 1. The molecule has 102 valence electrons. The van der Waals surface area contributed by atoms with Crippen LogP contribution in [0.5, 0.6) is 5.75 Å². The average molecular weight is 258 g/mol. The Bertz CT molecular complexity index is 432. The Balaban J connectivity index is 1.38. The van der Waals surface area contributed by atoms with Crippen LogP contribution < -0.4 is 4.74 Å². The second kappa shape index (κ2) is 4.78. The molecule has 0 spiro atoms. The lowest BCUT2D eigenvalue weighted by Gasteiger charge is -2.21. The Kier molecular flexibility index (Phi) is 2.95. The first-order valence-corrected chi connectivity index (χ1v) is 7.67. The fourth-order valence-electron chi connectivity index (χ4n) is 3.86. The van der Waals surface area contributed by atoms with Crippen LogP contribution in [-0.4, -0.2) is 35.6 Å². The van der Waals surface area contributed by atoms with Crippen molar-refractivity contribution in [2.45, 2.75) is 31.8 Å². The van der Waals surface area contributed by atoms with Crippen LogP contribution in [0.25, 0.3) is 0 Å². The molecule has 1 aromatic rings. The lowest BCUT2D eigenvalue weighted by molar-refractivity contribution is 0.147. The Hall–Kier alpha value is -1.09. The van der Waals surface area contributed by atoms with Gasteiger partial charge in [0.05, 0.1) is 6.20 Å². The van der Waals surface area contributed by atoms with Gasteiger partial charge in [-0.15, -0.1) is 0 Å². The standard InChI is InChI=1S/C16H22N2O/c1-2-14(8-17-7-1)19-16-6-5-13-10-18(11-15(13)16)9-12-3-4-12/h1-2,7-8,12-13,15-16H,3-6,9-11H2/t13-,15+,16-/m1/s1. The Morgan fingerprint density at radius 2 is 2.16 bits per heavy atom. The van der Waals surface area contributed by atoms with Crippen molar-refractivity contribution < 1.29 is 4.74 Å². The molecule has 19 heavy (non-hydrogen) atoms. The molecular formula is C16H22N2O. The minimum Gasteiger partial charge on any atom is -0.488 e. The quantitative estimate of drug-likeness (QED) is 0.830. The van der Waals surface area contributed by atoms with E-state index in [2.05, 4.69) is 9.88 Å². The third kappa shape index (κ3) is 2.48. The third-order valence-electron chi connectivity index (χ3n) is 5.00. The van der Waals surface area contributed by atoms with Crippen molar-refractivity contribution in [1.29, 1.82) is 0 Å². The maximum absolute atomic E-state index is 6.17. The van der Waals surface area contributed by atoms with Gasteiger partial charge in [0.1, 0.15) is 11.9 Å². The Labute approximate surface area is 115 Å². The van der Waals surface area contributed by atoms with Gasteiger partial charge in [-0.05, 0) is 49.7 Å². The molecular weight excluding hydrogens is 236 g/mol. The van der Waals surface area contributed by atoms with E-state index in [9.17, 15) is 0 Å². The number of likely N-dealkylation sites (tertiary alicyclic amines) is 1. The molecule has 3 atom stereocenters. The molecule has 0 unspecified atom stereocenters. The fraction of sp³-hybridized carbons (Fsp3) is 0.688. The maximum Gasteiger partial charge on any atom is 0.138 e. The average Bonchev–Trinajstić information content (AvgIpc) is 3.03. The van der Waals surface area contributed by atoms with Crippen LogP contribution in [0.15, 0.2) is 24.5 Å². The number of hydrogen-bond donors (Lipinski definition) is 0. The third-order valence-corrected chi connectivity index (χ3v) is 5.00. The molecule has 2 saturated carbocycles. The van der Waals surface area contributed by atoms with E-state index >= 15 is 0 Å². The van der Waals surface area contributed by atoms with Crippen molar-refractivity contribution in [3.63, 3.8) is 0 Å². The van der Waals surface area contributed by atoms with Crippen LogP contribution in [0.4, 0.5) is 0 Å². The lowest BCUT2D eigenvalue weighted by Crippen LogP contribution is -2.29. The highest BCUT2D eigenvalue weighted by atomic mass is 16.5. The molecule has 0 amide bonds. The first-order chi connectivity index (χ1) is 9.38. The van der Waals surface area contributed by atoms with E-state index in [0.29, 0.717) is 6.10 Å². The second-order valence-corrected chi connectivity index (χ2v) is 6.51. The minimum absolute atomic E-state index is 0.415. The predicted molar refractivity (Wildman–Crippen MR) is 74.0 cm³/mol. The first-order valence-electron chi connectivity index (χ1n) is 7.67. The van der Waals surface area contributed by atoms with Crippen molar-refractivity contribution in [2.75, 3.05) is 19.6 Å². The molecule has 1 aliphatic heterocycles. The van der Waals surface area contributed by atoms with Gasteiger partial charge < -0.3 is 9.64 Å². The first kappa shape index (κ1) is 11.7. The van der Waals surface area contributed by atoms with Gasteiger partial charge in [-0.25, -0.2) is 0 Å². The molecule has 0 aromatic carbocycles. The van der Waals surface area contributed by atoms with E-state index in [1.165, 1.54) is 45.3 Å². The van der Waals surface area contributed by atoms with Crippen LogP contribution in [0, 0.1) is 17.8 Å². The highest BCUT2D eigenvalue weighted by molar-refractivity contribution is 5.16. The topological polar surface area (TPSA) is 25.4 Å². The summed E-state index contributed by atoms with van der Waals surface area (Å²) in [6.07, 6.45) is 9.54. The Morgan fingerprint density at radius 3 is 2.95 bits per heavy atom. The van der Waals surface area contributed by atoms with E-state index in [4.69, 9.17) is 4.74 Å². The molecule has 3 aliphatic rings. The fourth-order valence-corrected chi connectivity index (χ4v) is 3.86. The van der Waals surface area contributed by atoms with E-state index < -0.39 is 0 Å². The molecule has 2 aliphatic carbocycles. The number of fused-ring (bicyclic) bond motifs is 1. The molecule has 0 radical (unpaired) electrons. The molecule has 1 aromatic heterocycles. The molecule has 2 heterocycles. The van der Waals surface area contributed by atoms with Gasteiger partial charge in [-0.2, -0.15) is 0 Å². The van der Waals surface area contributed by atoms with Crippen molar-refractivity contribution in [2.24, 2.45) is 17.8 Å². The highest BCUT2D eigenvalue weighted by Crippen LogP contribution is 2.41. The zero-order chi connectivity index (χ0) is 12.7. The summed E-state index contributed by atoms with van der Waals surface area (Å²) in [6.45, 7) is 3.91. The summed E-state index contributed by atoms with van der Waals surface area (Å²) in [6, 6.07) is 3.98. The number of nitrogens with zero attached hydrogens (tertiary/aromatic N) is 2. The van der Waals surface area contributed by atoms with Crippen LogP contribution in [0.3, 0.4) is 0 Å². The molecule has 3 heteroatoms. The number of rotatable bonds is 4. The maximum atomic E-state index is 6.17. The van der Waals surface area contributed by atoms with Crippen LogP contribution in [0.2, 0.25) is 0 Å². The van der Waals surface area contributed by atoms with E-state index in [1.807, 2.05) is 18.3 Å². The van der Waals surface area contributed by atoms with Gasteiger partial charge in [-0.3, -0.25) is 4.98 Å². The minimum atomic E-state index is 0.415. The lowest BCUT2D eigenvalue weighted by atomic mass is 9.99. The van der Waals surface area contributed by atoms with E-state index in [0.717, 1.165) is 23.5 Å². The van der Waals surface area contributed by atoms with Crippen LogP contribution in [-0.2, 0) is 0 Å². The number of aromatic nitrogens is 1. The molecule has 4 rings (SSSR count). The SMILES string of the molecule is c1cncc(O[C@@H]2CC[C@@H]3CN(CC4CC4)C[C@@H]32)c1. The second-order valence-electron chi connectivity index (χ2n) is 6.51. The molecule has 3 fully saturated rings. The zero-order valence-electron chi connectivity index (χ0n) is 11.4. The predicted octanol–water partition coefficient (Wildman–Crippen LogP) is 2.58. The van der Waals surface area contributed by atoms with E-state index in [1.54, 1.807) is 6.20 Å². The molecule has 3 nitrogen and oxygen atoms in total. The molecule has 1 saturated heterocycles. The van der Waals surface area contributed by atoms with Gasteiger partial charge in [0.25, 0.3) is 0 Å². The van der Waals surface area contributed by atoms with Crippen molar-refractivity contribution in [1.82, 2.24) is 9.88 Å². The summed E-state index contributed by atoms with van der Waals surface area (Å²) in [7, 11) is 0. The summed E-state index contributed by atoms with van der Waals surface area (Å²) in [4.78, 5) is 6.83. The largest absolute Gasteiger partial charge is 0.488 e. The highest BCUT2D eigenvalue weighted by Gasteiger charge is 2.44. The van der Waals surface area contributed by atoms with E-state index in [-0.39, 0.29) is 0 Å². The summed E-state index contributed by atoms with van der Waals surface area (Å²) < 4.78 is 6.17. The number of pyridine rings is 1. The summed E-state index contributed by atoms with van der Waals surface area (Å²) in [5, 5.41) is 0. The summed E-state index contributed by atoms with van der Waals surface area (Å²) >= 11 is 0. The van der Waals surface area contributed by atoms with Crippen LogP contribution >= 0.6 is 0 Å². The Morgan fingerprint density at radius 1 is 1.21 bits per heavy atom. The van der Waals surface area contributed by atoms with Gasteiger partial charge in [0.2, 0.25) is 0 Å². The monoisotopic (exact) mass is 258 g/mol. The van der Waals surface area contributed by atoms with Gasteiger partial charge in [0.15, 0.2) is 0 Å². The van der Waals surface area contributed by atoms with Crippen molar-refractivity contribution in [3.8, 4) is 5.75 Å². The van der Waals surface area contributed by atoms with Crippen molar-refractivity contribution in [3.05, 3.63) is 24.5 Å².